The Morgan fingerprint density at radius 1 is 0.750 bits per heavy atom. The Hall–Kier alpha value is -0.170. The highest BCUT2D eigenvalue weighted by molar-refractivity contribution is 7.87. The van der Waals surface area contributed by atoms with Gasteiger partial charge in [0.15, 0.2) is 0 Å². The number of alkyl halides is 11. The van der Waals surface area contributed by atoms with Crippen LogP contribution in [0.1, 0.15) is 0 Å². The third kappa shape index (κ3) is 2.51. The second-order valence-electron chi connectivity index (χ2n) is 3.18. The lowest BCUT2D eigenvalue weighted by atomic mass is 10.1. The smallest absolute Gasteiger partial charge is 0.211 e. The van der Waals surface area contributed by atoms with Crippen LogP contribution in [-0.2, 0) is 10.2 Å². The Morgan fingerprint density at radius 3 is 1.20 bits per heavy atom. The van der Waals surface area contributed by atoms with Gasteiger partial charge in [-0.15, -0.1) is 3.89 Å². The summed E-state index contributed by atoms with van der Waals surface area (Å²) >= 11 is 7.37. The van der Waals surface area contributed by atoms with Crippen LogP contribution in [0.3, 0.4) is 0 Å². The second kappa shape index (κ2) is 4.66. The van der Waals surface area contributed by atoms with Crippen LogP contribution < -0.4 is 0 Å². The fraction of sp³-hybridized carbons (Fsp3) is 1.00. The minimum atomic E-state index is -7.98. The molecule has 2 unspecified atom stereocenters. The van der Waals surface area contributed by atoms with Gasteiger partial charge in [-0.25, -0.2) is 8.78 Å². The van der Waals surface area contributed by atoms with Crippen LogP contribution in [0, 0.1) is 0 Å². The zero-order chi connectivity index (χ0) is 17.0. The van der Waals surface area contributed by atoms with E-state index in [4.69, 9.17) is 0 Å². The molecule has 0 fully saturated rings. The van der Waals surface area contributed by atoms with Gasteiger partial charge in [0.05, 0.1) is 0 Å². The molecule has 0 N–H and O–H groups in total. The molecule has 15 heteroatoms. The average molecular weight is 385 g/mol. The highest BCUT2D eigenvalue weighted by Crippen LogP contribution is 2.60. The van der Waals surface area contributed by atoms with E-state index in [0.29, 0.717) is 0 Å². The highest BCUT2D eigenvalue weighted by Gasteiger charge is 2.89. The molecule has 0 saturated heterocycles. The molecule has 20 heavy (non-hydrogen) atoms. The lowest BCUT2D eigenvalue weighted by molar-refractivity contribution is -0.302. The largest absolute Gasteiger partial charge is 0.446 e. The van der Waals surface area contributed by atoms with Gasteiger partial charge in [-0.2, -0.15) is 39.2 Å². The van der Waals surface area contributed by atoms with Crippen molar-refractivity contribution in [1.29, 1.82) is 0 Å². The van der Waals surface area contributed by atoms with Gasteiger partial charge in [0.2, 0.25) is 0 Å². The minimum absolute atomic E-state index is 3.64. The molecule has 0 aliphatic rings. The molecule has 2 nitrogen and oxygen atoms in total. The van der Waals surface area contributed by atoms with Crippen LogP contribution in [0.5, 0.6) is 0 Å². The molecule has 122 valence electrons. The van der Waals surface area contributed by atoms with Gasteiger partial charge in [-0.3, -0.25) is 0 Å². The zero-order valence-electron chi connectivity index (χ0n) is 8.26. The van der Waals surface area contributed by atoms with Crippen LogP contribution in [0.15, 0.2) is 0 Å². The molecule has 0 spiro atoms. The van der Waals surface area contributed by atoms with Crippen molar-refractivity contribution < 1.29 is 51.8 Å². The quantitative estimate of drug-likeness (QED) is 0.418. The predicted octanol–water partition coefficient (Wildman–Crippen LogP) is 3.89. The van der Waals surface area contributed by atoms with Gasteiger partial charge >= 0.3 is 37.8 Å². The molecule has 0 aromatic heterocycles. The average Bonchev–Trinajstić information content (AvgIpc) is 2.10. The Balaban J connectivity index is 6.54. The summed E-state index contributed by atoms with van der Waals surface area (Å²) in [5.74, 6) is -7.33. The van der Waals surface area contributed by atoms with Crippen LogP contribution >= 0.6 is 23.2 Å². The van der Waals surface area contributed by atoms with Gasteiger partial charge in [0.1, 0.15) is 0 Å². The van der Waals surface area contributed by atoms with E-state index in [1.165, 1.54) is 0 Å². The molecule has 0 aliphatic carbocycles. The molecule has 0 aliphatic heterocycles. The lowest BCUT2D eigenvalue weighted by Crippen LogP contribution is -2.69. The third-order valence-electron chi connectivity index (χ3n) is 1.85. The number of halogens is 12. The van der Waals surface area contributed by atoms with Gasteiger partial charge in [-0.05, 0) is 11.6 Å². The van der Waals surface area contributed by atoms with Crippen molar-refractivity contribution in [2.45, 2.75) is 27.6 Å². The number of hydrogen-bond donors (Lipinski definition) is 0. The monoisotopic (exact) mass is 384 g/mol. The molecule has 2 atom stereocenters. The van der Waals surface area contributed by atoms with Crippen LogP contribution in [0.25, 0.3) is 0 Å². The molecule has 0 radical (unpaired) electrons. The van der Waals surface area contributed by atoms with Crippen LogP contribution in [0.2, 0.25) is 0 Å². The van der Waals surface area contributed by atoms with Gasteiger partial charge < -0.3 is 0 Å². The van der Waals surface area contributed by atoms with E-state index in [9.17, 15) is 51.8 Å². The van der Waals surface area contributed by atoms with Crippen molar-refractivity contribution in [1.82, 2.24) is 0 Å². The number of hydrogen-bond acceptors (Lipinski definition) is 2. The predicted molar refractivity (Wildman–Crippen MR) is 45.4 cm³/mol. The third-order valence-corrected chi connectivity index (χ3v) is 3.85. The van der Waals surface area contributed by atoms with Crippen molar-refractivity contribution in [3.63, 3.8) is 0 Å². The molecule has 0 bridgehead atoms. The molecular formula is C5Cl2F10O2S. The fourth-order valence-corrected chi connectivity index (χ4v) is 1.88. The molecular weight excluding hydrogens is 385 g/mol. The van der Waals surface area contributed by atoms with Crippen molar-refractivity contribution in [2.24, 2.45) is 0 Å². The molecule has 0 aromatic rings. The first kappa shape index (κ1) is 19.8. The summed E-state index contributed by atoms with van der Waals surface area (Å²) in [6.45, 7) is 0. The molecule has 0 aromatic carbocycles. The Labute approximate surface area is 113 Å². The summed E-state index contributed by atoms with van der Waals surface area (Å²) in [7, 11) is -7.98. The maximum atomic E-state index is 13.1. The molecule has 0 heterocycles. The maximum Gasteiger partial charge on any atom is 0.446 e. The van der Waals surface area contributed by atoms with E-state index in [2.05, 4.69) is 23.2 Å². The van der Waals surface area contributed by atoms with E-state index in [0.717, 1.165) is 0 Å². The van der Waals surface area contributed by atoms with E-state index in [-0.39, 0.29) is 0 Å². The Morgan fingerprint density at radius 2 is 1.05 bits per heavy atom. The van der Waals surface area contributed by atoms with Crippen molar-refractivity contribution in [2.75, 3.05) is 0 Å². The van der Waals surface area contributed by atoms with Gasteiger partial charge in [0, 0.05) is 0 Å². The first-order valence-corrected chi connectivity index (χ1v) is 5.91. The van der Waals surface area contributed by atoms with E-state index in [1.54, 1.807) is 0 Å². The summed E-state index contributed by atoms with van der Waals surface area (Å²) < 4.78 is 145. The molecule has 0 saturated carbocycles. The maximum absolute atomic E-state index is 13.1. The van der Waals surface area contributed by atoms with Gasteiger partial charge in [-0.1, -0.05) is 11.6 Å². The first-order valence-electron chi connectivity index (χ1n) is 3.77. The van der Waals surface area contributed by atoms with Crippen molar-refractivity contribution >= 4 is 33.4 Å². The van der Waals surface area contributed by atoms with E-state index in [1.807, 2.05) is 0 Å². The fourth-order valence-electron chi connectivity index (χ4n) is 0.849. The second-order valence-corrected chi connectivity index (χ2v) is 5.61. The lowest BCUT2D eigenvalue weighted by Gasteiger charge is -2.38. The Bertz CT molecular complexity index is 479. The van der Waals surface area contributed by atoms with Gasteiger partial charge in [0.25, 0.3) is 0 Å². The highest BCUT2D eigenvalue weighted by atomic mass is 35.5. The number of rotatable bonds is 4. The summed E-state index contributed by atoms with van der Waals surface area (Å²) in [5, 5.41) is -19.9. The topological polar surface area (TPSA) is 34.1 Å². The molecule has 0 amide bonds. The standard InChI is InChI=1S/C5Cl2F10O2S/c6-1(8,4(7,12)13)2(9,10)3(11,5(14,15)16)20(17,18)19. The summed E-state index contributed by atoms with van der Waals surface area (Å²) in [4.78, 5) is 0. The summed E-state index contributed by atoms with van der Waals surface area (Å²) in [6, 6.07) is 0. The first-order chi connectivity index (χ1) is 8.25. The van der Waals surface area contributed by atoms with Crippen LogP contribution in [0.4, 0.5) is 43.4 Å². The summed E-state index contributed by atoms with van der Waals surface area (Å²) in [6.07, 6.45) is -7.35. The Kier molecular flexibility index (Phi) is 4.62. The van der Waals surface area contributed by atoms with Crippen LogP contribution in [-0.4, -0.2) is 36.0 Å². The van der Waals surface area contributed by atoms with Crippen molar-refractivity contribution in [3.05, 3.63) is 0 Å². The van der Waals surface area contributed by atoms with E-state index >= 15 is 0 Å². The molecule has 0 rings (SSSR count). The minimum Gasteiger partial charge on any atom is -0.211 e. The van der Waals surface area contributed by atoms with E-state index < -0.39 is 37.8 Å². The SMILES string of the molecule is O=S(=O)(F)C(F)(C(F)(F)F)C(F)(F)C(F)(Cl)C(F)(F)Cl. The zero-order valence-corrected chi connectivity index (χ0v) is 10.6. The van der Waals surface area contributed by atoms with Crippen molar-refractivity contribution in [3.8, 4) is 0 Å². The normalized spacial score (nSPS) is 21.2. The summed E-state index contributed by atoms with van der Waals surface area (Å²) in [5.41, 5.74) is 0.